The first kappa shape index (κ1) is 19.6. The number of thioether (sulfide) groups is 1. The molecular formula is C18H18ClFN4O2S. The van der Waals surface area contributed by atoms with Crippen molar-refractivity contribution in [2.45, 2.75) is 18.0 Å². The lowest BCUT2D eigenvalue weighted by Crippen LogP contribution is -2.64. The van der Waals surface area contributed by atoms with Gasteiger partial charge in [0.25, 0.3) is 0 Å². The lowest BCUT2D eigenvalue weighted by molar-refractivity contribution is -0.125. The third kappa shape index (κ3) is 5.67. The topological polar surface area (TPSA) is 82.3 Å². The first-order valence-corrected chi connectivity index (χ1v) is 9.66. The number of hydrogen-bond donors (Lipinski definition) is 4. The normalized spacial score (nSPS) is 19.4. The number of halogens is 2. The first-order valence-electron chi connectivity index (χ1n) is 8.23. The second-order valence-electron chi connectivity index (χ2n) is 5.90. The van der Waals surface area contributed by atoms with E-state index >= 15 is 0 Å². The fraction of sp³-hybridized carbons (Fsp3) is 0.222. The van der Waals surface area contributed by atoms with Crippen molar-refractivity contribution in [2.75, 3.05) is 11.1 Å². The number of hydrogen-bond acceptors (Lipinski definition) is 5. The Labute approximate surface area is 165 Å². The van der Waals surface area contributed by atoms with Crippen molar-refractivity contribution in [1.82, 2.24) is 16.2 Å². The molecule has 142 valence electrons. The van der Waals surface area contributed by atoms with Crippen LogP contribution in [0, 0.1) is 5.82 Å². The molecule has 1 aliphatic rings. The van der Waals surface area contributed by atoms with Crippen LogP contribution in [0.5, 0.6) is 0 Å². The number of para-hydroxylation sites is 1. The zero-order chi connectivity index (χ0) is 19.2. The average Bonchev–Trinajstić information content (AvgIpc) is 2.66. The molecule has 2 amide bonds. The van der Waals surface area contributed by atoms with E-state index in [9.17, 15) is 14.0 Å². The van der Waals surface area contributed by atoms with Gasteiger partial charge in [-0.15, -0.1) is 11.8 Å². The van der Waals surface area contributed by atoms with Gasteiger partial charge in [0.15, 0.2) is 0 Å². The SMILES string of the molecule is O=C(CSC1NNC(Cc2ccc(Cl)cc2)C(=O)N1)Nc1ccccc1F. The van der Waals surface area contributed by atoms with E-state index in [1.807, 2.05) is 12.1 Å². The van der Waals surface area contributed by atoms with E-state index in [4.69, 9.17) is 11.6 Å². The van der Waals surface area contributed by atoms with Crippen LogP contribution >= 0.6 is 23.4 Å². The lowest BCUT2D eigenvalue weighted by Gasteiger charge is -2.31. The van der Waals surface area contributed by atoms with Crippen LogP contribution < -0.4 is 21.5 Å². The predicted octanol–water partition coefficient (Wildman–Crippen LogP) is 2.27. The standard InChI is InChI=1S/C18H18ClFN4O2S/c19-12-7-5-11(6-8-12)9-15-17(26)22-18(24-23-15)27-10-16(25)21-14-4-2-1-3-13(14)20/h1-8,15,18,23-24H,9-10H2,(H,21,25)(H,22,26). The number of anilines is 1. The minimum absolute atomic E-state index is 0.0514. The molecule has 0 aromatic heterocycles. The van der Waals surface area contributed by atoms with Crippen LogP contribution in [0.3, 0.4) is 0 Å². The molecule has 1 aliphatic heterocycles. The molecule has 1 saturated heterocycles. The minimum atomic E-state index is -0.494. The Bertz CT molecular complexity index is 821. The Kier molecular flexibility index (Phi) is 6.68. The average molecular weight is 409 g/mol. The second kappa shape index (κ2) is 9.18. The van der Waals surface area contributed by atoms with Gasteiger partial charge in [-0.25, -0.2) is 15.2 Å². The maximum absolute atomic E-state index is 13.5. The van der Waals surface area contributed by atoms with Gasteiger partial charge in [0.2, 0.25) is 11.8 Å². The van der Waals surface area contributed by atoms with Crippen molar-refractivity contribution in [3.05, 3.63) is 64.9 Å². The number of rotatable bonds is 6. The maximum atomic E-state index is 13.5. The summed E-state index contributed by atoms with van der Waals surface area (Å²) >= 11 is 7.05. The second-order valence-corrected chi connectivity index (χ2v) is 7.43. The van der Waals surface area contributed by atoms with Gasteiger partial charge in [-0.3, -0.25) is 9.59 Å². The molecule has 4 N–H and O–H groups in total. The highest BCUT2D eigenvalue weighted by Crippen LogP contribution is 2.15. The summed E-state index contributed by atoms with van der Waals surface area (Å²) in [5.74, 6) is -0.970. The van der Waals surface area contributed by atoms with E-state index in [1.54, 1.807) is 24.3 Å². The van der Waals surface area contributed by atoms with Crippen LogP contribution in [0.15, 0.2) is 48.5 Å². The molecule has 9 heteroatoms. The van der Waals surface area contributed by atoms with E-state index in [0.29, 0.717) is 11.4 Å². The molecule has 6 nitrogen and oxygen atoms in total. The molecule has 0 radical (unpaired) electrons. The molecule has 0 aliphatic carbocycles. The van der Waals surface area contributed by atoms with Gasteiger partial charge in [-0.1, -0.05) is 35.9 Å². The quantitative estimate of drug-likeness (QED) is 0.589. The van der Waals surface area contributed by atoms with Gasteiger partial charge in [0.1, 0.15) is 17.4 Å². The van der Waals surface area contributed by atoms with Crippen LogP contribution in [-0.2, 0) is 16.0 Å². The highest BCUT2D eigenvalue weighted by Gasteiger charge is 2.27. The molecule has 2 aromatic carbocycles. The van der Waals surface area contributed by atoms with Crippen molar-refractivity contribution in [1.29, 1.82) is 0 Å². The molecule has 0 saturated carbocycles. The molecule has 3 rings (SSSR count). The van der Waals surface area contributed by atoms with E-state index in [1.165, 1.54) is 23.9 Å². The van der Waals surface area contributed by atoms with E-state index in [2.05, 4.69) is 21.5 Å². The molecular weight excluding hydrogens is 391 g/mol. The number of carbonyl (C=O) groups is 2. The monoisotopic (exact) mass is 408 g/mol. The molecule has 2 atom stereocenters. The Balaban J connectivity index is 1.44. The van der Waals surface area contributed by atoms with E-state index in [-0.39, 0.29) is 23.3 Å². The number of carbonyl (C=O) groups excluding carboxylic acids is 2. The molecule has 0 bridgehead atoms. The fourth-order valence-electron chi connectivity index (χ4n) is 2.50. The zero-order valence-electron chi connectivity index (χ0n) is 14.2. The van der Waals surface area contributed by atoms with Crippen molar-refractivity contribution in [2.24, 2.45) is 0 Å². The molecule has 2 aromatic rings. The molecule has 0 spiro atoms. The summed E-state index contributed by atoms with van der Waals surface area (Å²) in [6.07, 6.45) is 0.501. The van der Waals surface area contributed by atoms with Crippen LogP contribution in [0.2, 0.25) is 5.02 Å². The highest BCUT2D eigenvalue weighted by atomic mass is 35.5. The summed E-state index contributed by atoms with van der Waals surface area (Å²) in [5.41, 5.74) is 6.56. The van der Waals surface area contributed by atoms with Crippen LogP contribution in [0.25, 0.3) is 0 Å². The Morgan fingerprint density at radius 1 is 1.15 bits per heavy atom. The summed E-state index contributed by atoms with van der Waals surface area (Å²) in [5, 5.41) is 5.94. The van der Waals surface area contributed by atoms with Gasteiger partial charge in [0, 0.05) is 5.02 Å². The van der Waals surface area contributed by atoms with E-state index < -0.39 is 17.4 Å². The Morgan fingerprint density at radius 3 is 2.59 bits per heavy atom. The molecule has 1 fully saturated rings. The Hall–Kier alpha value is -2.13. The van der Waals surface area contributed by atoms with Crippen LogP contribution in [0.1, 0.15) is 5.56 Å². The summed E-state index contributed by atoms with van der Waals surface area (Å²) < 4.78 is 13.5. The number of hydrazine groups is 1. The number of nitrogens with one attached hydrogen (secondary N) is 4. The number of amides is 2. The van der Waals surface area contributed by atoms with Crippen molar-refractivity contribution in [3.63, 3.8) is 0 Å². The van der Waals surface area contributed by atoms with Gasteiger partial charge < -0.3 is 10.6 Å². The van der Waals surface area contributed by atoms with Gasteiger partial charge in [0.05, 0.1) is 11.4 Å². The summed E-state index contributed by atoms with van der Waals surface area (Å²) in [7, 11) is 0. The molecule has 27 heavy (non-hydrogen) atoms. The predicted molar refractivity (Wildman–Crippen MR) is 105 cm³/mol. The smallest absolute Gasteiger partial charge is 0.240 e. The largest absolute Gasteiger partial charge is 0.329 e. The van der Waals surface area contributed by atoms with Crippen molar-refractivity contribution >= 4 is 40.9 Å². The molecule has 1 heterocycles. The van der Waals surface area contributed by atoms with Crippen LogP contribution in [0.4, 0.5) is 10.1 Å². The maximum Gasteiger partial charge on any atom is 0.240 e. The zero-order valence-corrected chi connectivity index (χ0v) is 15.7. The Morgan fingerprint density at radius 2 is 1.89 bits per heavy atom. The highest BCUT2D eigenvalue weighted by molar-refractivity contribution is 8.00. The minimum Gasteiger partial charge on any atom is -0.329 e. The van der Waals surface area contributed by atoms with Crippen LogP contribution in [-0.4, -0.2) is 29.1 Å². The fourth-order valence-corrected chi connectivity index (χ4v) is 3.37. The molecule has 2 unspecified atom stereocenters. The number of benzene rings is 2. The first-order chi connectivity index (χ1) is 13.0. The third-order valence-corrected chi connectivity index (χ3v) is 5.11. The summed E-state index contributed by atoms with van der Waals surface area (Å²) in [6, 6.07) is 12.8. The van der Waals surface area contributed by atoms with Gasteiger partial charge >= 0.3 is 0 Å². The summed E-state index contributed by atoms with van der Waals surface area (Å²) in [6.45, 7) is 0. The van der Waals surface area contributed by atoms with Crippen molar-refractivity contribution in [3.8, 4) is 0 Å². The van der Waals surface area contributed by atoms with Crippen molar-refractivity contribution < 1.29 is 14.0 Å². The van der Waals surface area contributed by atoms with E-state index in [0.717, 1.165) is 5.56 Å². The van der Waals surface area contributed by atoms with Gasteiger partial charge in [-0.05, 0) is 36.2 Å². The third-order valence-electron chi connectivity index (χ3n) is 3.86. The van der Waals surface area contributed by atoms with Gasteiger partial charge in [-0.2, -0.15) is 0 Å². The summed E-state index contributed by atoms with van der Waals surface area (Å²) in [4.78, 5) is 24.2. The lowest BCUT2D eigenvalue weighted by atomic mass is 10.1.